The molecule has 1 aliphatic heterocycles. The molecule has 0 bridgehead atoms. The maximum absolute atomic E-state index is 12.4. The molecular formula is C13H13BrClNO3. The number of carboxylic acids is 1. The number of amides is 1. The fraction of sp³-hybridized carbons (Fsp3) is 0.385. The van der Waals surface area contributed by atoms with Crippen LogP contribution in [0.4, 0.5) is 0 Å². The minimum absolute atomic E-state index is 0.211. The molecule has 1 fully saturated rings. The van der Waals surface area contributed by atoms with Crippen molar-refractivity contribution in [2.24, 2.45) is 5.92 Å². The Kier molecular flexibility index (Phi) is 4.47. The molecule has 0 spiro atoms. The first-order valence-corrected chi connectivity index (χ1v) is 7.13. The number of rotatable bonds is 2. The SMILES string of the molecule is O=C(O)[C@@H]1CCCN(C(=O)c2cc(Br)ccc2Cl)C1. The quantitative estimate of drug-likeness (QED) is 0.895. The molecule has 0 aliphatic carbocycles. The second kappa shape index (κ2) is 5.92. The van der Waals surface area contributed by atoms with Crippen LogP contribution in [0.15, 0.2) is 22.7 Å². The molecule has 1 aromatic carbocycles. The summed E-state index contributed by atoms with van der Waals surface area (Å²) in [7, 11) is 0. The van der Waals surface area contributed by atoms with E-state index in [-0.39, 0.29) is 12.5 Å². The maximum Gasteiger partial charge on any atom is 0.308 e. The number of halogens is 2. The van der Waals surface area contributed by atoms with Crippen molar-refractivity contribution in [3.05, 3.63) is 33.3 Å². The van der Waals surface area contributed by atoms with Gasteiger partial charge in [0, 0.05) is 17.6 Å². The number of hydrogen-bond acceptors (Lipinski definition) is 2. The fourth-order valence-corrected chi connectivity index (χ4v) is 2.75. The predicted octanol–water partition coefficient (Wildman–Crippen LogP) is 3.04. The van der Waals surface area contributed by atoms with E-state index in [2.05, 4.69) is 15.9 Å². The maximum atomic E-state index is 12.4. The summed E-state index contributed by atoms with van der Waals surface area (Å²) in [6, 6.07) is 5.07. The third-order valence-corrected chi connectivity index (χ3v) is 4.04. The largest absolute Gasteiger partial charge is 0.481 e. The van der Waals surface area contributed by atoms with E-state index in [1.807, 2.05) is 0 Å². The number of carbonyl (C=O) groups excluding carboxylic acids is 1. The number of aliphatic carboxylic acids is 1. The van der Waals surface area contributed by atoms with Crippen LogP contribution in [0, 0.1) is 5.92 Å². The minimum Gasteiger partial charge on any atom is -0.481 e. The van der Waals surface area contributed by atoms with Crippen LogP contribution >= 0.6 is 27.5 Å². The Morgan fingerprint density at radius 2 is 2.16 bits per heavy atom. The lowest BCUT2D eigenvalue weighted by Gasteiger charge is -2.31. The monoisotopic (exact) mass is 345 g/mol. The number of hydrogen-bond donors (Lipinski definition) is 1. The van der Waals surface area contributed by atoms with Crippen LogP contribution in [0.25, 0.3) is 0 Å². The van der Waals surface area contributed by atoms with Crippen LogP contribution in [0.5, 0.6) is 0 Å². The van der Waals surface area contributed by atoms with Gasteiger partial charge in [0.05, 0.1) is 16.5 Å². The first-order chi connectivity index (χ1) is 8.99. The van der Waals surface area contributed by atoms with Crippen LogP contribution in [-0.2, 0) is 4.79 Å². The highest BCUT2D eigenvalue weighted by molar-refractivity contribution is 9.10. The first-order valence-electron chi connectivity index (χ1n) is 5.96. The van der Waals surface area contributed by atoms with E-state index in [9.17, 15) is 9.59 Å². The molecule has 4 nitrogen and oxygen atoms in total. The van der Waals surface area contributed by atoms with Crippen molar-refractivity contribution >= 4 is 39.4 Å². The van der Waals surface area contributed by atoms with E-state index in [4.69, 9.17) is 16.7 Å². The zero-order valence-electron chi connectivity index (χ0n) is 10.1. The predicted molar refractivity (Wildman–Crippen MR) is 75.4 cm³/mol. The van der Waals surface area contributed by atoms with Crippen LogP contribution in [0.2, 0.25) is 5.02 Å². The first kappa shape index (κ1) is 14.3. The van der Waals surface area contributed by atoms with Crippen molar-refractivity contribution in [3.63, 3.8) is 0 Å². The second-order valence-corrected chi connectivity index (χ2v) is 5.88. The number of piperidine rings is 1. The van der Waals surface area contributed by atoms with E-state index >= 15 is 0 Å². The van der Waals surface area contributed by atoms with Gasteiger partial charge in [0.2, 0.25) is 0 Å². The summed E-state index contributed by atoms with van der Waals surface area (Å²) in [5.74, 6) is -1.54. The number of carboxylic acid groups (broad SMARTS) is 1. The highest BCUT2D eigenvalue weighted by Crippen LogP contribution is 2.25. The molecule has 0 radical (unpaired) electrons. The highest BCUT2D eigenvalue weighted by Gasteiger charge is 2.29. The Balaban J connectivity index is 2.19. The van der Waals surface area contributed by atoms with Gasteiger partial charge in [-0.3, -0.25) is 9.59 Å². The molecule has 1 N–H and O–H groups in total. The summed E-state index contributed by atoms with van der Waals surface area (Å²) in [5, 5.41) is 9.42. The smallest absolute Gasteiger partial charge is 0.308 e. The van der Waals surface area contributed by atoms with Gasteiger partial charge in [-0.05, 0) is 31.0 Å². The number of benzene rings is 1. The van der Waals surface area contributed by atoms with E-state index in [0.717, 1.165) is 4.47 Å². The van der Waals surface area contributed by atoms with Crippen molar-refractivity contribution in [3.8, 4) is 0 Å². The Morgan fingerprint density at radius 3 is 2.84 bits per heavy atom. The lowest BCUT2D eigenvalue weighted by atomic mass is 9.97. The average molecular weight is 347 g/mol. The van der Waals surface area contributed by atoms with Gasteiger partial charge in [-0.1, -0.05) is 27.5 Å². The van der Waals surface area contributed by atoms with Crippen LogP contribution in [0.1, 0.15) is 23.2 Å². The van der Waals surface area contributed by atoms with E-state index in [1.165, 1.54) is 0 Å². The number of likely N-dealkylation sites (tertiary alicyclic amines) is 1. The number of nitrogens with zero attached hydrogens (tertiary/aromatic N) is 1. The highest BCUT2D eigenvalue weighted by atomic mass is 79.9. The van der Waals surface area contributed by atoms with Crippen molar-refractivity contribution in [2.45, 2.75) is 12.8 Å². The molecule has 0 aromatic heterocycles. The Labute approximate surface area is 124 Å². The van der Waals surface area contributed by atoms with Crippen molar-refractivity contribution in [1.29, 1.82) is 0 Å². The van der Waals surface area contributed by atoms with Gasteiger partial charge < -0.3 is 10.0 Å². The summed E-state index contributed by atoms with van der Waals surface area (Å²) >= 11 is 9.32. The standard InChI is InChI=1S/C13H13BrClNO3/c14-9-3-4-11(15)10(6-9)12(17)16-5-1-2-8(7-16)13(18)19/h3-4,6,8H,1-2,5,7H2,(H,18,19)/t8-/m1/s1. The van der Waals surface area contributed by atoms with Gasteiger partial charge in [0.15, 0.2) is 0 Å². The van der Waals surface area contributed by atoms with Gasteiger partial charge in [-0.2, -0.15) is 0 Å². The van der Waals surface area contributed by atoms with Crippen LogP contribution in [0.3, 0.4) is 0 Å². The fourth-order valence-electron chi connectivity index (χ4n) is 2.19. The molecule has 0 unspecified atom stereocenters. The van der Waals surface area contributed by atoms with Gasteiger partial charge >= 0.3 is 5.97 Å². The molecule has 1 atom stereocenters. The average Bonchev–Trinajstić information content (AvgIpc) is 2.41. The van der Waals surface area contributed by atoms with E-state index in [1.54, 1.807) is 23.1 Å². The minimum atomic E-state index is -0.849. The third kappa shape index (κ3) is 3.28. The Hall–Kier alpha value is -1.07. The molecule has 2 rings (SSSR count). The lowest BCUT2D eigenvalue weighted by Crippen LogP contribution is -2.42. The summed E-state index contributed by atoms with van der Waals surface area (Å²) < 4.78 is 0.770. The molecule has 1 heterocycles. The number of carbonyl (C=O) groups is 2. The molecule has 0 saturated carbocycles. The van der Waals surface area contributed by atoms with Crippen LogP contribution < -0.4 is 0 Å². The molecule has 102 valence electrons. The van der Waals surface area contributed by atoms with Crippen molar-refractivity contribution in [1.82, 2.24) is 4.90 Å². The van der Waals surface area contributed by atoms with Gasteiger partial charge in [0.25, 0.3) is 5.91 Å². The molecule has 1 amide bonds. The zero-order chi connectivity index (χ0) is 14.0. The van der Waals surface area contributed by atoms with Gasteiger partial charge in [-0.25, -0.2) is 0 Å². The molecule has 1 aliphatic rings. The van der Waals surface area contributed by atoms with E-state index in [0.29, 0.717) is 30.0 Å². The molecule has 1 saturated heterocycles. The van der Waals surface area contributed by atoms with Gasteiger partial charge in [0.1, 0.15) is 0 Å². The molecular weight excluding hydrogens is 334 g/mol. The second-order valence-electron chi connectivity index (χ2n) is 4.55. The van der Waals surface area contributed by atoms with Crippen molar-refractivity contribution in [2.75, 3.05) is 13.1 Å². The third-order valence-electron chi connectivity index (χ3n) is 3.22. The molecule has 19 heavy (non-hydrogen) atoms. The Morgan fingerprint density at radius 1 is 1.42 bits per heavy atom. The van der Waals surface area contributed by atoms with Gasteiger partial charge in [-0.15, -0.1) is 0 Å². The van der Waals surface area contributed by atoms with Crippen molar-refractivity contribution < 1.29 is 14.7 Å². The Bertz CT molecular complexity index is 521. The summed E-state index contributed by atoms with van der Waals surface area (Å²) in [4.78, 5) is 24.9. The zero-order valence-corrected chi connectivity index (χ0v) is 12.4. The van der Waals surface area contributed by atoms with Crippen LogP contribution in [-0.4, -0.2) is 35.0 Å². The summed E-state index contributed by atoms with van der Waals surface area (Å²) in [5.41, 5.74) is 0.405. The molecule has 1 aromatic rings. The molecule has 6 heteroatoms. The summed E-state index contributed by atoms with van der Waals surface area (Å²) in [6.07, 6.45) is 1.32. The lowest BCUT2D eigenvalue weighted by molar-refractivity contribution is -0.143. The summed E-state index contributed by atoms with van der Waals surface area (Å²) in [6.45, 7) is 0.822. The van der Waals surface area contributed by atoms with E-state index < -0.39 is 11.9 Å². The topological polar surface area (TPSA) is 57.6 Å². The normalized spacial score (nSPS) is 19.3.